The molecule has 0 fully saturated rings. The van der Waals surface area contributed by atoms with E-state index < -0.39 is 0 Å². The Morgan fingerprint density at radius 3 is 1.47 bits per heavy atom. The van der Waals surface area contributed by atoms with Gasteiger partial charge in [-0.3, -0.25) is 0 Å². The minimum Gasteiger partial charge on any atom is -0.353 e. The van der Waals surface area contributed by atoms with Gasteiger partial charge in [-0.05, 0) is 30.4 Å². The third kappa shape index (κ3) is 8.65. The number of benzene rings is 2. The summed E-state index contributed by atoms with van der Waals surface area (Å²) in [6, 6.07) is 22.6. The Morgan fingerprint density at radius 2 is 1.00 bits per heavy atom. The van der Waals surface area contributed by atoms with Gasteiger partial charge in [-0.25, -0.2) is 0 Å². The summed E-state index contributed by atoms with van der Waals surface area (Å²) < 4.78 is 0. The van der Waals surface area contributed by atoms with Gasteiger partial charge < -0.3 is 9.80 Å². The highest BCUT2D eigenvalue weighted by Gasteiger charge is 2.49. The zero-order valence-corrected chi connectivity index (χ0v) is 24.9. The second kappa shape index (κ2) is 17.4. The van der Waals surface area contributed by atoms with Crippen molar-refractivity contribution in [1.82, 2.24) is 9.80 Å². The van der Waals surface area contributed by atoms with Crippen LogP contribution in [0.2, 0.25) is 0 Å². The average Bonchev–Trinajstić information content (AvgIpc) is 3.28. The molecule has 210 valence electrons. The molecule has 0 radical (unpaired) electrons. The largest absolute Gasteiger partial charge is 0.353 e. The van der Waals surface area contributed by atoms with Crippen molar-refractivity contribution in [2.75, 3.05) is 13.1 Å². The molecule has 1 aliphatic rings. The van der Waals surface area contributed by atoms with Gasteiger partial charge in [-0.1, -0.05) is 152 Å². The Bertz CT molecular complexity index is 877. The first-order valence-corrected chi connectivity index (χ1v) is 16.1. The molecule has 0 amide bonds. The first kappa shape index (κ1) is 30.3. The summed E-state index contributed by atoms with van der Waals surface area (Å²) in [7, 11) is 0. The minimum atomic E-state index is -0.0525. The van der Waals surface area contributed by atoms with E-state index in [0.717, 1.165) is 25.9 Å². The second-order valence-electron chi connectivity index (χ2n) is 11.5. The number of rotatable bonds is 20. The van der Waals surface area contributed by atoms with Gasteiger partial charge in [-0.2, -0.15) is 0 Å². The lowest BCUT2D eigenvalue weighted by Gasteiger charge is -2.51. The molecule has 0 bridgehead atoms. The Balaban J connectivity index is 1.84. The highest BCUT2D eigenvalue weighted by Crippen LogP contribution is 2.45. The molecule has 2 nitrogen and oxygen atoms in total. The van der Waals surface area contributed by atoms with Crippen molar-refractivity contribution >= 4 is 0 Å². The number of unbranched alkanes of at least 4 members (excludes halogenated alkanes) is 11. The van der Waals surface area contributed by atoms with Crippen LogP contribution in [-0.4, -0.2) is 28.6 Å². The predicted octanol–water partition coefficient (Wildman–Crippen LogP) is 10.3. The molecule has 2 heteroatoms. The Kier molecular flexibility index (Phi) is 13.9. The number of nitrogens with zero attached hydrogens (tertiary/aromatic N) is 2. The standard InChI is InChI=1S/C36H56N2/c1-4-7-9-11-13-15-23-29-38-31-30-37(28-22-14-12-10-8-5-2)36(38,32-33-24-18-16-19-25-33)35(6-3)34-26-20-17-21-27-34/h16-21,24-27,30-31,35H,4-15,22-23,28-29,32H2,1-3H3. The molecule has 1 heterocycles. The highest BCUT2D eigenvalue weighted by molar-refractivity contribution is 5.30. The highest BCUT2D eigenvalue weighted by atomic mass is 15.4. The van der Waals surface area contributed by atoms with Gasteiger partial charge in [0.05, 0.1) is 0 Å². The van der Waals surface area contributed by atoms with Crippen molar-refractivity contribution in [3.8, 4) is 0 Å². The Hall–Kier alpha value is -2.22. The monoisotopic (exact) mass is 516 g/mol. The maximum Gasteiger partial charge on any atom is 0.123 e. The van der Waals surface area contributed by atoms with Crippen LogP contribution in [0.3, 0.4) is 0 Å². The van der Waals surface area contributed by atoms with Gasteiger partial charge in [0.25, 0.3) is 0 Å². The summed E-state index contributed by atoms with van der Waals surface area (Å²) in [5.41, 5.74) is 2.87. The molecule has 2 aromatic rings. The third-order valence-corrected chi connectivity index (χ3v) is 8.65. The van der Waals surface area contributed by atoms with Gasteiger partial charge >= 0.3 is 0 Å². The van der Waals surface area contributed by atoms with Crippen molar-refractivity contribution < 1.29 is 0 Å². The fourth-order valence-electron chi connectivity index (χ4n) is 6.56. The Morgan fingerprint density at radius 1 is 0.553 bits per heavy atom. The summed E-state index contributed by atoms with van der Waals surface area (Å²) in [6.07, 6.45) is 24.7. The lowest BCUT2D eigenvalue weighted by atomic mass is 9.78. The minimum absolute atomic E-state index is 0.0525. The summed E-state index contributed by atoms with van der Waals surface area (Å²) in [6.45, 7) is 9.30. The molecule has 2 unspecified atom stereocenters. The van der Waals surface area contributed by atoms with Gasteiger partial charge in [0.15, 0.2) is 0 Å². The van der Waals surface area contributed by atoms with Crippen LogP contribution >= 0.6 is 0 Å². The molecule has 0 saturated heterocycles. The van der Waals surface area contributed by atoms with Gasteiger partial charge in [-0.15, -0.1) is 0 Å². The van der Waals surface area contributed by atoms with Crippen molar-refractivity contribution in [1.29, 1.82) is 0 Å². The molecule has 1 aliphatic heterocycles. The smallest absolute Gasteiger partial charge is 0.123 e. The maximum absolute atomic E-state index is 2.75. The van der Waals surface area contributed by atoms with Crippen LogP contribution in [0.15, 0.2) is 73.1 Å². The first-order chi connectivity index (χ1) is 18.8. The molecular formula is C36H56N2. The van der Waals surface area contributed by atoms with E-state index in [2.05, 4.69) is 104 Å². The van der Waals surface area contributed by atoms with Crippen molar-refractivity contribution in [3.05, 3.63) is 84.2 Å². The normalized spacial score (nSPS) is 17.9. The molecule has 2 aromatic carbocycles. The van der Waals surface area contributed by atoms with Gasteiger partial charge in [0.2, 0.25) is 0 Å². The third-order valence-electron chi connectivity index (χ3n) is 8.65. The van der Waals surface area contributed by atoms with E-state index in [1.54, 1.807) is 0 Å². The predicted molar refractivity (Wildman–Crippen MR) is 166 cm³/mol. The zero-order chi connectivity index (χ0) is 26.9. The fraction of sp³-hybridized carbons (Fsp3) is 0.611. The lowest BCUT2D eigenvalue weighted by Crippen LogP contribution is -2.59. The number of hydrogen-bond acceptors (Lipinski definition) is 2. The van der Waals surface area contributed by atoms with Crippen LogP contribution in [0.25, 0.3) is 0 Å². The molecule has 38 heavy (non-hydrogen) atoms. The van der Waals surface area contributed by atoms with Crippen molar-refractivity contribution in [2.45, 2.75) is 129 Å². The first-order valence-electron chi connectivity index (χ1n) is 16.1. The quantitative estimate of drug-likeness (QED) is 0.161. The van der Waals surface area contributed by atoms with E-state index in [1.807, 2.05) is 0 Å². The molecular weight excluding hydrogens is 460 g/mol. The maximum atomic E-state index is 2.75. The zero-order valence-electron chi connectivity index (χ0n) is 24.9. The van der Waals surface area contributed by atoms with Crippen molar-refractivity contribution in [3.63, 3.8) is 0 Å². The molecule has 0 aliphatic carbocycles. The SMILES string of the molecule is CCCCCCCCCN1C=CN(CCCCCCCC)C1(Cc1ccccc1)C(CC)c1ccccc1. The van der Waals surface area contributed by atoms with Crippen LogP contribution in [0.4, 0.5) is 0 Å². The van der Waals surface area contributed by atoms with E-state index in [-0.39, 0.29) is 5.66 Å². The summed E-state index contributed by atoms with van der Waals surface area (Å²) in [4.78, 5) is 5.51. The topological polar surface area (TPSA) is 6.48 Å². The molecule has 0 saturated carbocycles. The summed E-state index contributed by atoms with van der Waals surface area (Å²) in [5, 5.41) is 0. The Labute approximate surface area is 235 Å². The van der Waals surface area contributed by atoms with Crippen LogP contribution < -0.4 is 0 Å². The van der Waals surface area contributed by atoms with E-state index in [0.29, 0.717) is 5.92 Å². The fourth-order valence-corrected chi connectivity index (χ4v) is 6.56. The van der Waals surface area contributed by atoms with E-state index >= 15 is 0 Å². The van der Waals surface area contributed by atoms with Gasteiger partial charge in [0, 0.05) is 37.8 Å². The lowest BCUT2D eigenvalue weighted by molar-refractivity contribution is -0.00378. The summed E-state index contributed by atoms with van der Waals surface area (Å²) in [5.74, 6) is 0.448. The van der Waals surface area contributed by atoms with E-state index in [9.17, 15) is 0 Å². The van der Waals surface area contributed by atoms with E-state index in [4.69, 9.17) is 0 Å². The second-order valence-corrected chi connectivity index (χ2v) is 11.5. The van der Waals surface area contributed by atoms with Gasteiger partial charge in [0.1, 0.15) is 5.66 Å². The molecule has 2 atom stereocenters. The summed E-state index contributed by atoms with van der Waals surface area (Å²) >= 11 is 0. The van der Waals surface area contributed by atoms with E-state index in [1.165, 1.54) is 94.6 Å². The van der Waals surface area contributed by atoms with Crippen LogP contribution in [0.5, 0.6) is 0 Å². The molecule has 0 spiro atoms. The van der Waals surface area contributed by atoms with Crippen molar-refractivity contribution in [2.24, 2.45) is 0 Å². The molecule has 0 N–H and O–H groups in total. The van der Waals surface area contributed by atoms with Crippen LogP contribution in [0, 0.1) is 0 Å². The average molecular weight is 517 g/mol. The van der Waals surface area contributed by atoms with Crippen LogP contribution in [-0.2, 0) is 6.42 Å². The number of hydrogen-bond donors (Lipinski definition) is 0. The van der Waals surface area contributed by atoms with Crippen LogP contribution in [0.1, 0.15) is 128 Å². The molecule has 3 rings (SSSR count). The molecule has 0 aromatic heterocycles.